The van der Waals surface area contributed by atoms with E-state index in [0.717, 1.165) is 16.8 Å². The van der Waals surface area contributed by atoms with Crippen LogP contribution in [0.5, 0.6) is 0 Å². The second-order valence-electron chi connectivity index (χ2n) is 16.1. The summed E-state index contributed by atoms with van der Waals surface area (Å²) >= 11 is 0. The van der Waals surface area contributed by atoms with E-state index in [-0.39, 0.29) is 37.1 Å². The number of nitro benzene ring substituents is 1. The topological polar surface area (TPSA) is 146 Å². The molecule has 7 rings (SSSR count). The molecule has 0 aliphatic carbocycles. The van der Waals surface area contributed by atoms with Crippen LogP contribution in [0, 0.1) is 21.4 Å². The smallest absolute Gasteiger partial charge is 0.336 e. The number of morpholine rings is 1. The van der Waals surface area contributed by atoms with Crippen molar-refractivity contribution in [1.82, 2.24) is 9.88 Å². The first-order valence-corrected chi connectivity index (χ1v) is 21.2. The highest BCUT2D eigenvalue weighted by Gasteiger charge is 2.49. The quantitative estimate of drug-likeness (QED) is 0.0614. The molecule has 0 spiro atoms. The number of aromatic nitrogens is 1. The fourth-order valence-electron chi connectivity index (χ4n) is 8.51. The summed E-state index contributed by atoms with van der Waals surface area (Å²) in [6.45, 7) is 10.2. The number of carbonyl (C=O) groups is 1. The van der Waals surface area contributed by atoms with Crippen molar-refractivity contribution >= 4 is 25.0 Å². The third-order valence-electron chi connectivity index (χ3n) is 11.4. The molecule has 0 bridgehead atoms. The molecule has 3 aliphatic rings. The maximum absolute atomic E-state index is 15.1. The van der Waals surface area contributed by atoms with Crippen molar-refractivity contribution in [2.75, 3.05) is 52.3 Å². The van der Waals surface area contributed by atoms with Crippen LogP contribution in [0.4, 0.5) is 5.69 Å². The van der Waals surface area contributed by atoms with E-state index < -0.39 is 41.8 Å². The summed E-state index contributed by atoms with van der Waals surface area (Å²) in [5.41, 5.74) is 3.71. The number of nitrogens with zero attached hydrogens (tertiary/aromatic N) is 3. The van der Waals surface area contributed by atoms with Gasteiger partial charge in [-0.25, -0.2) is 4.79 Å². The molecule has 13 heteroatoms. The summed E-state index contributed by atoms with van der Waals surface area (Å²) in [4.78, 5) is 37.4. The van der Waals surface area contributed by atoms with E-state index in [0.29, 0.717) is 55.3 Å². The van der Waals surface area contributed by atoms with E-state index >= 15 is 4.79 Å². The number of nitrogens with one attached hydrogen (secondary N) is 1. The van der Waals surface area contributed by atoms with Crippen molar-refractivity contribution < 1.29 is 32.8 Å². The Labute approximate surface area is 334 Å². The third-order valence-corrected chi connectivity index (χ3v) is 13.3. The standard InChI is InChI=1S/C44H51N4O8P/c1-31-39(37(47-21-23-53-24-22-47)27-57(52)55-28-43(3,4)29-56-57)41(34-15-11-18-36(25-34)48(50)51)40(32(2)46-31)42(49)54-30-44(38-19-12-20-45-38,35-16-9-6-10-17-35)26-33-13-7-5-8-14-33/h5-20,25,37,39,41,45H,21-24,26-30H2,1-4H3. The molecule has 2 saturated heterocycles. The molecule has 4 heterocycles. The number of esters is 1. The molecule has 3 aliphatic heterocycles. The Balaban J connectivity index is 1.32. The molecular formula is C44H51N4O8P. The average molecular weight is 795 g/mol. The van der Waals surface area contributed by atoms with Gasteiger partial charge in [-0.05, 0) is 49.1 Å². The molecule has 0 radical (unpaired) electrons. The molecule has 0 amide bonds. The van der Waals surface area contributed by atoms with Crippen LogP contribution in [-0.2, 0) is 39.7 Å². The minimum atomic E-state index is -3.62. The number of aliphatic imine (C=N–C) groups is 1. The summed E-state index contributed by atoms with van der Waals surface area (Å²) < 4.78 is 38.9. The number of hydrogen-bond donors (Lipinski definition) is 1. The van der Waals surface area contributed by atoms with Gasteiger partial charge >= 0.3 is 13.6 Å². The molecule has 4 unspecified atom stereocenters. The van der Waals surface area contributed by atoms with Crippen molar-refractivity contribution in [1.29, 1.82) is 0 Å². The summed E-state index contributed by atoms with van der Waals surface area (Å²) in [7, 11) is -3.62. The Hall–Kier alpha value is -4.71. The van der Waals surface area contributed by atoms with Gasteiger partial charge in [0.05, 0.1) is 48.5 Å². The van der Waals surface area contributed by atoms with Crippen LogP contribution in [-0.4, -0.2) is 84.8 Å². The Bertz CT molecular complexity index is 2140. The molecule has 4 aromatic rings. The highest BCUT2D eigenvalue weighted by atomic mass is 31.2. The zero-order valence-electron chi connectivity index (χ0n) is 33.0. The lowest BCUT2D eigenvalue weighted by molar-refractivity contribution is -0.384. The van der Waals surface area contributed by atoms with Gasteiger partial charge in [0.25, 0.3) is 5.69 Å². The Morgan fingerprint density at radius 3 is 2.33 bits per heavy atom. The molecular weight excluding hydrogens is 743 g/mol. The van der Waals surface area contributed by atoms with Gasteiger partial charge in [-0.15, -0.1) is 0 Å². The number of allylic oxidation sites excluding steroid dienone is 1. The van der Waals surface area contributed by atoms with Gasteiger partial charge in [0.15, 0.2) is 0 Å². The first kappa shape index (κ1) is 40.5. The summed E-state index contributed by atoms with van der Waals surface area (Å²) in [5, 5.41) is 12.2. The van der Waals surface area contributed by atoms with Crippen molar-refractivity contribution in [3.05, 3.63) is 147 Å². The van der Waals surface area contributed by atoms with Gasteiger partial charge < -0.3 is 23.5 Å². The van der Waals surface area contributed by atoms with Crippen LogP contribution in [0.15, 0.2) is 120 Å². The lowest BCUT2D eigenvalue weighted by Gasteiger charge is -2.45. The Morgan fingerprint density at radius 2 is 1.68 bits per heavy atom. The largest absolute Gasteiger partial charge is 0.461 e. The molecule has 2 fully saturated rings. The number of aromatic amines is 1. The van der Waals surface area contributed by atoms with Crippen LogP contribution in [0.3, 0.4) is 0 Å². The second kappa shape index (κ2) is 17.0. The van der Waals surface area contributed by atoms with Crippen molar-refractivity contribution in [2.24, 2.45) is 16.3 Å². The van der Waals surface area contributed by atoms with E-state index in [1.165, 1.54) is 12.1 Å². The summed E-state index contributed by atoms with van der Waals surface area (Å²) in [5.74, 6) is -1.89. The number of non-ortho nitro benzene ring substituents is 1. The third kappa shape index (κ3) is 8.91. The number of H-pyrrole nitrogens is 1. The van der Waals surface area contributed by atoms with Gasteiger partial charge in [0.1, 0.15) is 6.61 Å². The number of nitro groups is 1. The van der Waals surface area contributed by atoms with Gasteiger partial charge in [-0.3, -0.25) is 24.6 Å². The minimum Gasteiger partial charge on any atom is -0.461 e. The molecule has 4 atom stereocenters. The SMILES string of the molecule is CC1=NC(C)=C(C(=O)OCC(Cc2ccccc2)(c2ccccc2)c2ccc[nH]2)C(c2cccc([N+](=O)[O-])c2)C1C(CP1(=O)OCC(C)(C)CO1)N1CCOCC1. The van der Waals surface area contributed by atoms with Crippen LogP contribution >= 0.6 is 7.60 Å². The lowest BCUT2D eigenvalue weighted by Crippen LogP contribution is -2.53. The van der Waals surface area contributed by atoms with Gasteiger partial charge in [0, 0.05) is 71.8 Å². The Morgan fingerprint density at radius 1 is 1.00 bits per heavy atom. The zero-order chi connectivity index (χ0) is 40.2. The maximum atomic E-state index is 15.1. The van der Waals surface area contributed by atoms with E-state index in [1.807, 2.05) is 87.6 Å². The van der Waals surface area contributed by atoms with Gasteiger partial charge in [-0.1, -0.05) is 86.6 Å². The average Bonchev–Trinajstić information content (AvgIpc) is 3.77. The fraction of sp³-hybridized carbons (Fsp3) is 0.409. The van der Waals surface area contributed by atoms with Crippen molar-refractivity contribution in [3.8, 4) is 0 Å². The molecule has 300 valence electrons. The highest BCUT2D eigenvalue weighted by Crippen LogP contribution is 2.56. The van der Waals surface area contributed by atoms with E-state index in [2.05, 4.69) is 22.0 Å². The van der Waals surface area contributed by atoms with E-state index in [4.69, 9.17) is 23.5 Å². The maximum Gasteiger partial charge on any atom is 0.336 e. The van der Waals surface area contributed by atoms with Crippen molar-refractivity contribution in [2.45, 2.75) is 51.5 Å². The number of rotatable bonds is 13. The fourth-order valence-corrected chi connectivity index (χ4v) is 10.8. The first-order valence-electron chi connectivity index (χ1n) is 19.5. The normalized spacial score (nSPS) is 22.6. The Kier molecular flexibility index (Phi) is 12.1. The number of carbonyl (C=O) groups excluding carboxylic acids is 1. The van der Waals surface area contributed by atoms with Crippen LogP contribution < -0.4 is 0 Å². The predicted molar refractivity (Wildman–Crippen MR) is 219 cm³/mol. The van der Waals surface area contributed by atoms with E-state index in [1.54, 1.807) is 19.1 Å². The minimum absolute atomic E-state index is 0.0172. The highest BCUT2D eigenvalue weighted by molar-refractivity contribution is 7.54. The monoisotopic (exact) mass is 794 g/mol. The summed E-state index contributed by atoms with van der Waals surface area (Å²) in [6.07, 6.45) is 2.43. The van der Waals surface area contributed by atoms with Crippen molar-refractivity contribution in [3.63, 3.8) is 0 Å². The second-order valence-corrected chi connectivity index (χ2v) is 18.2. The van der Waals surface area contributed by atoms with Gasteiger partial charge in [0.2, 0.25) is 0 Å². The first-order chi connectivity index (χ1) is 27.4. The van der Waals surface area contributed by atoms with Crippen LogP contribution in [0.1, 0.15) is 56.0 Å². The number of ether oxygens (including phenoxy) is 2. The molecule has 12 nitrogen and oxygen atoms in total. The number of benzene rings is 3. The molecule has 1 aromatic heterocycles. The molecule has 1 N–H and O–H groups in total. The number of hydrogen-bond acceptors (Lipinski definition) is 10. The van der Waals surface area contributed by atoms with E-state index in [9.17, 15) is 14.7 Å². The van der Waals surface area contributed by atoms with Gasteiger partial charge in [-0.2, -0.15) is 0 Å². The molecule has 0 saturated carbocycles. The van der Waals surface area contributed by atoms with Crippen LogP contribution in [0.2, 0.25) is 0 Å². The summed E-state index contributed by atoms with van der Waals surface area (Å²) in [6, 6.07) is 30.0. The molecule has 57 heavy (non-hydrogen) atoms. The van der Waals surface area contributed by atoms with Crippen LogP contribution in [0.25, 0.3) is 0 Å². The molecule has 3 aromatic carbocycles. The lowest BCUT2D eigenvalue weighted by atomic mass is 9.71. The zero-order valence-corrected chi connectivity index (χ0v) is 33.9. The predicted octanol–water partition coefficient (Wildman–Crippen LogP) is 8.11.